The summed E-state index contributed by atoms with van der Waals surface area (Å²) in [5.74, 6) is 1.11. The van der Waals surface area contributed by atoms with Crippen molar-refractivity contribution in [1.29, 1.82) is 0 Å². The van der Waals surface area contributed by atoms with Crippen LogP contribution in [0.4, 0.5) is 5.69 Å². The minimum absolute atomic E-state index is 0.775. The first-order chi connectivity index (χ1) is 8.40. The summed E-state index contributed by atoms with van der Waals surface area (Å²) in [6, 6.07) is 4.39. The molecule has 0 aliphatic carbocycles. The second-order valence-electron chi connectivity index (χ2n) is 4.88. The summed E-state index contributed by atoms with van der Waals surface area (Å²) >= 11 is 0. The lowest BCUT2D eigenvalue weighted by Crippen LogP contribution is -2.25. The fourth-order valence-corrected chi connectivity index (χ4v) is 2.94. The third-order valence-electron chi connectivity index (χ3n) is 3.75. The van der Waals surface area contributed by atoms with Crippen LogP contribution in [0, 0.1) is 0 Å². The summed E-state index contributed by atoms with van der Waals surface area (Å²) in [6.45, 7) is 3.87. The zero-order chi connectivity index (χ0) is 11.7. The topological polar surface area (TPSA) is 38.5 Å². The molecule has 2 N–H and O–H groups in total. The van der Waals surface area contributed by atoms with Gasteiger partial charge < -0.3 is 15.4 Å². The van der Waals surface area contributed by atoms with Crippen LogP contribution in [0.1, 0.15) is 24.0 Å². The van der Waals surface area contributed by atoms with Gasteiger partial charge in [0.1, 0.15) is 5.75 Å². The second-order valence-corrected chi connectivity index (χ2v) is 4.88. The van der Waals surface area contributed by atoms with Crippen LogP contribution < -0.4 is 15.4 Å². The van der Waals surface area contributed by atoms with Gasteiger partial charge in [-0.05, 0) is 43.9 Å². The Balaban J connectivity index is 1.94. The molecule has 0 fully saturated rings. The van der Waals surface area contributed by atoms with Crippen LogP contribution in [-0.2, 0) is 12.8 Å². The maximum absolute atomic E-state index is 5.75. The van der Waals surface area contributed by atoms with Gasteiger partial charge in [-0.3, -0.25) is 0 Å². The van der Waals surface area contributed by atoms with Crippen molar-refractivity contribution < 1.29 is 4.74 Å². The average Bonchev–Trinajstić information content (AvgIpc) is 2.80. The van der Waals surface area contributed by atoms with Crippen LogP contribution in [0.5, 0.6) is 5.75 Å². The predicted molar refractivity (Wildman–Crippen MR) is 69.8 cm³/mol. The molecule has 0 atom stereocenters. The SMILES string of the molecule is NCCCN1CCc2ccc3c(c21)CCCO3. The maximum atomic E-state index is 5.75. The monoisotopic (exact) mass is 232 g/mol. The fraction of sp³-hybridized carbons (Fsp3) is 0.571. The molecule has 0 saturated carbocycles. The Morgan fingerprint density at radius 3 is 3.12 bits per heavy atom. The van der Waals surface area contributed by atoms with Crippen molar-refractivity contribution >= 4 is 5.69 Å². The molecule has 0 bridgehead atoms. The Morgan fingerprint density at radius 2 is 2.24 bits per heavy atom. The highest BCUT2D eigenvalue weighted by atomic mass is 16.5. The number of benzene rings is 1. The molecule has 2 heterocycles. The molecular weight excluding hydrogens is 212 g/mol. The third kappa shape index (κ3) is 1.89. The number of rotatable bonds is 3. The predicted octanol–water partition coefficient (Wildman–Crippen LogP) is 1.72. The zero-order valence-corrected chi connectivity index (χ0v) is 10.2. The molecule has 0 radical (unpaired) electrons. The maximum Gasteiger partial charge on any atom is 0.124 e. The number of fused-ring (bicyclic) bond motifs is 3. The van der Waals surface area contributed by atoms with Gasteiger partial charge in [-0.1, -0.05) is 6.07 Å². The van der Waals surface area contributed by atoms with E-state index in [9.17, 15) is 0 Å². The fourth-order valence-electron chi connectivity index (χ4n) is 2.94. The minimum Gasteiger partial charge on any atom is -0.493 e. The smallest absolute Gasteiger partial charge is 0.124 e. The Bertz CT molecular complexity index is 417. The molecule has 0 spiro atoms. The first-order valence-electron chi connectivity index (χ1n) is 6.62. The van der Waals surface area contributed by atoms with E-state index in [2.05, 4.69) is 17.0 Å². The molecule has 2 aliphatic heterocycles. The number of hydrogen-bond donors (Lipinski definition) is 1. The van der Waals surface area contributed by atoms with E-state index in [0.717, 1.165) is 51.3 Å². The normalized spacial score (nSPS) is 17.6. The van der Waals surface area contributed by atoms with Gasteiger partial charge >= 0.3 is 0 Å². The number of nitrogens with zero attached hydrogens (tertiary/aromatic N) is 1. The van der Waals surface area contributed by atoms with E-state index in [0.29, 0.717) is 0 Å². The van der Waals surface area contributed by atoms with Crippen LogP contribution in [0.3, 0.4) is 0 Å². The number of hydrogen-bond acceptors (Lipinski definition) is 3. The Hall–Kier alpha value is -1.22. The van der Waals surface area contributed by atoms with Gasteiger partial charge in [-0.2, -0.15) is 0 Å². The van der Waals surface area contributed by atoms with Gasteiger partial charge in [0.15, 0.2) is 0 Å². The Morgan fingerprint density at radius 1 is 1.29 bits per heavy atom. The lowest BCUT2D eigenvalue weighted by atomic mass is 10.0. The third-order valence-corrected chi connectivity index (χ3v) is 3.75. The van der Waals surface area contributed by atoms with Crippen molar-refractivity contribution in [2.24, 2.45) is 5.73 Å². The number of ether oxygens (including phenoxy) is 1. The number of anilines is 1. The molecule has 3 nitrogen and oxygen atoms in total. The molecule has 0 unspecified atom stereocenters. The summed E-state index contributed by atoms with van der Waals surface area (Å²) in [5.41, 5.74) is 9.99. The van der Waals surface area contributed by atoms with E-state index < -0.39 is 0 Å². The van der Waals surface area contributed by atoms with E-state index in [-0.39, 0.29) is 0 Å². The van der Waals surface area contributed by atoms with Gasteiger partial charge in [-0.25, -0.2) is 0 Å². The largest absolute Gasteiger partial charge is 0.493 e. The molecule has 3 rings (SSSR count). The van der Waals surface area contributed by atoms with Gasteiger partial charge in [0.05, 0.1) is 6.61 Å². The molecule has 1 aromatic rings. The first-order valence-corrected chi connectivity index (χ1v) is 6.62. The van der Waals surface area contributed by atoms with Crippen molar-refractivity contribution in [3.63, 3.8) is 0 Å². The first kappa shape index (κ1) is 10.9. The molecule has 17 heavy (non-hydrogen) atoms. The van der Waals surface area contributed by atoms with Crippen LogP contribution in [-0.4, -0.2) is 26.2 Å². The molecule has 1 aromatic carbocycles. The summed E-state index contributed by atoms with van der Waals surface area (Å²) in [4.78, 5) is 2.50. The quantitative estimate of drug-likeness (QED) is 0.862. The van der Waals surface area contributed by atoms with Crippen molar-refractivity contribution in [2.45, 2.75) is 25.7 Å². The standard InChI is InChI=1S/C14H20N2O/c15-7-2-8-16-9-6-11-4-5-13-12(14(11)16)3-1-10-17-13/h4-5H,1-3,6-10,15H2. The highest BCUT2D eigenvalue weighted by Crippen LogP contribution is 2.39. The lowest BCUT2D eigenvalue weighted by Gasteiger charge is -2.26. The highest BCUT2D eigenvalue weighted by Gasteiger charge is 2.25. The van der Waals surface area contributed by atoms with Gasteiger partial charge in [0.25, 0.3) is 0 Å². The summed E-state index contributed by atoms with van der Waals surface area (Å²) in [6.07, 6.45) is 4.56. The van der Waals surface area contributed by atoms with E-state index in [1.807, 2.05) is 0 Å². The van der Waals surface area contributed by atoms with Crippen molar-refractivity contribution in [2.75, 3.05) is 31.1 Å². The summed E-state index contributed by atoms with van der Waals surface area (Å²) < 4.78 is 5.75. The summed E-state index contributed by atoms with van der Waals surface area (Å²) in [7, 11) is 0. The minimum atomic E-state index is 0.775. The molecule has 2 aliphatic rings. The van der Waals surface area contributed by atoms with E-state index in [4.69, 9.17) is 10.5 Å². The van der Waals surface area contributed by atoms with Gasteiger partial charge in [0, 0.05) is 24.3 Å². The lowest BCUT2D eigenvalue weighted by molar-refractivity contribution is 0.288. The average molecular weight is 232 g/mol. The van der Waals surface area contributed by atoms with Crippen LogP contribution >= 0.6 is 0 Å². The van der Waals surface area contributed by atoms with Crippen LogP contribution in [0.15, 0.2) is 12.1 Å². The Kier molecular flexibility index (Phi) is 2.93. The highest BCUT2D eigenvalue weighted by molar-refractivity contribution is 5.67. The van der Waals surface area contributed by atoms with Gasteiger partial charge in [-0.15, -0.1) is 0 Å². The molecule has 0 saturated heterocycles. The second kappa shape index (κ2) is 4.57. The van der Waals surface area contributed by atoms with Crippen molar-refractivity contribution in [3.8, 4) is 5.75 Å². The molecule has 3 heteroatoms. The van der Waals surface area contributed by atoms with E-state index in [1.54, 1.807) is 0 Å². The summed E-state index contributed by atoms with van der Waals surface area (Å²) in [5, 5.41) is 0. The van der Waals surface area contributed by atoms with E-state index in [1.165, 1.54) is 23.2 Å². The molecule has 0 amide bonds. The van der Waals surface area contributed by atoms with Crippen LogP contribution in [0.2, 0.25) is 0 Å². The van der Waals surface area contributed by atoms with Gasteiger partial charge in [0.2, 0.25) is 0 Å². The molecular formula is C14H20N2O. The van der Waals surface area contributed by atoms with Crippen molar-refractivity contribution in [1.82, 2.24) is 0 Å². The van der Waals surface area contributed by atoms with Crippen molar-refractivity contribution in [3.05, 3.63) is 23.3 Å². The molecule has 92 valence electrons. The zero-order valence-electron chi connectivity index (χ0n) is 10.2. The Labute approximate surface area is 103 Å². The van der Waals surface area contributed by atoms with Crippen LogP contribution in [0.25, 0.3) is 0 Å². The van der Waals surface area contributed by atoms with E-state index >= 15 is 0 Å². The molecule has 0 aromatic heterocycles. The number of nitrogens with two attached hydrogens (primary N) is 1.